The van der Waals surface area contributed by atoms with Crippen LogP contribution in [0.25, 0.3) is 0 Å². The smallest absolute Gasteiger partial charge is 0.311 e. The lowest BCUT2D eigenvalue weighted by Crippen LogP contribution is -2.44. The number of carboxylic acid groups (broad SMARTS) is 1. The zero-order chi connectivity index (χ0) is 14.9. The third-order valence-corrected chi connectivity index (χ3v) is 3.82. The van der Waals surface area contributed by atoms with Crippen LogP contribution < -0.4 is 0 Å². The van der Waals surface area contributed by atoms with Crippen LogP contribution in [0.1, 0.15) is 17.4 Å². The Morgan fingerprint density at radius 1 is 1.55 bits per heavy atom. The van der Waals surface area contributed by atoms with Crippen LogP contribution in [0.3, 0.4) is 0 Å². The predicted molar refractivity (Wildman–Crippen MR) is 72.9 cm³/mol. The molecule has 1 N–H and O–H groups in total. The van der Waals surface area contributed by atoms with Crippen molar-refractivity contribution in [2.24, 2.45) is 5.92 Å². The van der Waals surface area contributed by atoms with E-state index in [1.54, 1.807) is 23.9 Å². The normalized spacial score (nSPS) is 21.9. The zero-order valence-electron chi connectivity index (χ0n) is 11.4. The molecule has 1 saturated heterocycles. The van der Waals surface area contributed by atoms with Crippen molar-refractivity contribution < 1.29 is 19.4 Å². The second-order valence-corrected chi connectivity index (χ2v) is 5.23. The van der Waals surface area contributed by atoms with Gasteiger partial charge >= 0.3 is 5.97 Å². The van der Waals surface area contributed by atoms with E-state index >= 15 is 0 Å². The third-order valence-electron chi connectivity index (χ3n) is 3.61. The van der Waals surface area contributed by atoms with Crippen molar-refractivity contribution in [3.8, 4) is 0 Å². The van der Waals surface area contributed by atoms with E-state index in [0.29, 0.717) is 17.3 Å². The molecule has 2 rings (SSSR count). The van der Waals surface area contributed by atoms with Gasteiger partial charge in [0.15, 0.2) is 0 Å². The standard InChI is InChI=1S/C13H17ClN2O4/c1-3-16-5-8(14)4-10(16)12(17)15(2)11-7-20-6-9(11)13(18)19/h4-5,9,11H,3,6-7H2,1-2H3,(H,18,19). The van der Waals surface area contributed by atoms with Gasteiger partial charge in [0.05, 0.1) is 24.3 Å². The lowest BCUT2D eigenvalue weighted by atomic mass is 10.0. The van der Waals surface area contributed by atoms with Crippen molar-refractivity contribution in [3.05, 3.63) is 23.0 Å². The predicted octanol–water partition coefficient (Wildman–Crippen LogP) is 1.33. The largest absolute Gasteiger partial charge is 0.481 e. The number of carbonyl (C=O) groups excluding carboxylic acids is 1. The summed E-state index contributed by atoms with van der Waals surface area (Å²) in [4.78, 5) is 25.1. The average molecular weight is 301 g/mol. The molecule has 2 heterocycles. The third kappa shape index (κ3) is 2.66. The number of amides is 1. The SMILES string of the molecule is CCn1cc(Cl)cc1C(=O)N(C)C1COCC1C(=O)O. The fraction of sp³-hybridized carbons (Fsp3) is 0.538. The van der Waals surface area contributed by atoms with Gasteiger partial charge in [0.2, 0.25) is 0 Å². The van der Waals surface area contributed by atoms with E-state index in [9.17, 15) is 9.59 Å². The van der Waals surface area contributed by atoms with Crippen LogP contribution in [0.5, 0.6) is 0 Å². The maximum absolute atomic E-state index is 12.5. The molecule has 1 fully saturated rings. The molecule has 0 aromatic carbocycles. The number of ether oxygens (including phenoxy) is 1. The maximum Gasteiger partial charge on any atom is 0.311 e. The summed E-state index contributed by atoms with van der Waals surface area (Å²) in [5.41, 5.74) is 0.455. The summed E-state index contributed by atoms with van der Waals surface area (Å²) in [5.74, 6) is -1.89. The molecule has 0 aliphatic carbocycles. The highest BCUT2D eigenvalue weighted by atomic mass is 35.5. The number of carboxylic acids is 1. The van der Waals surface area contributed by atoms with Gasteiger partial charge in [-0.15, -0.1) is 0 Å². The summed E-state index contributed by atoms with van der Waals surface area (Å²) >= 11 is 5.92. The number of nitrogens with zero attached hydrogens (tertiary/aromatic N) is 2. The Balaban J connectivity index is 2.21. The Labute approximate surface area is 121 Å². The van der Waals surface area contributed by atoms with Gasteiger partial charge in [0.1, 0.15) is 11.6 Å². The first-order valence-electron chi connectivity index (χ1n) is 6.39. The molecule has 6 nitrogen and oxygen atoms in total. The van der Waals surface area contributed by atoms with Crippen molar-refractivity contribution in [1.29, 1.82) is 0 Å². The van der Waals surface area contributed by atoms with Gasteiger partial charge in [-0.3, -0.25) is 9.59 Å². The Kier molecular flexibility index (Phi) is 4.35. The highest BCUT2D eigenvalue weighted by molar-refractivity contribution is 6.31. The summed E-state index contributed by atoms with van der Waals surface area (Å²) < 4.78 is 6.94. The quantitative estimate of drug-likeness (QED) is 0.910. The lowest BCUT2D eigenvalue weighted by Gasteiger charge is -2.26. The number of aromatic nitrogens is 1. The van der Waals surface area contributed by atoms with E-state index in [1.807, 2.05) is 6.92 Å². The Hall–Kier alpha value is -1.53. The van der Waals surface area contributed by atoms with E-state index in [1.165, 1.54) is 4.90 Å². The van der Waals surface area contributed by atoms with Gasteiger partial charge in [0, 0.05) is 19.8 Å². The summed E-state index contributed by atoms with van der Waals surface area (Å²) in [6.07, 6.45) is 1.68. The first-order valence-corrected chi connectivity index (χ1v) is 6.76. The van der Waals surface area contributed by atoms with E-state index in [4.69, 9.17) is 21.4 Å². The van der Waals surface area contributed by atoms with Crippen LogP contribution in [0.15, 0.2) is 12.3 Å². The Morgan fingerprint density at radius 2 is 2.25 bits per heavy atom. The van der Waals surface area contributed by atoms with Crippen molar-refractivity contribution in [2.75, 3.05) is 20.3 Å². The van der Waals surface area contributed by atoms with Crippen LogP contribution in [0.2, 0.25) is 5.02 Å². The second-order valence-electron chi connectivity index (χ2n) is 4.80. The number of aryl methyl sites for hydroxylation is 1. The molecule has 1 aromatic heterocycles. The fourth-order valence-electron chi connectivity index (χ4n) is 2.41. The number of hydrogen-bond donors (Lipinski definition) is 1. The van der Waals surface area contributed by atoms with Crippen molar-refractivity contribution in [3.63, 3.8) is 0 Å². The molecule has 7 heteroatoms. The number of carbonyl (C=O) groups is 2. The molecule has 110 valence electrons. The average Bonchev–Trinajstić information content (AvgIpc) is 3.02. The fourth-order valence-corrected chi connectivity index (χ4v) is 2.63. The number of likely N-dealkylation sites (N-methyl/N-ethyl adjacent to an activating group) is 1. The van der Waals surface area contributed by atoms with E-state index in [0.717, 1.165) is 0 Å². The molecule has 1 aliphatic rings. The minimum Gasteiger partial charge on any atom is -0.481 e. The summed E-state index contributed by atoms with van der Waals surface area (Å²) in [7, 11) is 1.60. The number of rotatable bonds is 4. The van der Waals surface area contributed by atoms with E-state index in [-0.39, 0.29) is 19.1 Å². The number of halogens is 1. The van der Waals surface area contributed by atoms with Crippen LogP contribution in [-0.2, 0) is 16.1 Å². The molecular weight excluding hydrogens is 284 g/mol. The molecule has 0 saturated carbocycles. The van der Waals surface area contributed by atoms with Gasteiger partial charge in [-0.05, 0) is 13.0 Å². The van der Waals surface area contributed by atoms with Gasteiger partial charge in [-0.2, -0.15) is 0 Å². The molecule has 1 aliphatic heterocycles. The van der Waals surface area contributed by atoms with E-state index in [2.05, 4.69) is 0 Å². The van der Waals surface area contributed by atoms with Crippen LogP contribution >= 0.6 is 11.6 Å². The van der Waals surface area contributed by atoms with Gasteiger partial charge < -0.3 is 19.3 Å². The molecule has 2 unspecified atom stereocenters. The first-order chi connectivity index (χ1) is 9.45. The van der Waals surface area contributed by atoms with Gasteiger partial charge in [-0.25, -0.2) is 0 Å². The molecular formula is C13H17ClN2O4. The first kappa shape index (κ1) is 14.9. The van der Waals surface area contributed by atoms with Crippen LogP contribution in [0, 0.1) is 5.92 Å². The van der Waals surface area contributed by atoms with Crippen molar-refractivity contribution in [1.82, 2.24) is 9.47 Å². The molecule has 2 atom stereocenters. The summed E-state index contributed by atoms with van der Waals surface area (Å²) in [6, 6.07) is 1.13. The molecule has 0 spiro atoms. The zero-order valence-corrected chi connectivity index (χ0v) is 12.1. The second kappa shape index (κ2) is 5.85. The number of aliphatic carboxylic acids is 1. The Bertz CT molecular complexity index is 528. The molecule has 1 amide bonds. The monoisotopic (exact) mass is 300 g/mol. The highest BCUT2D eigenvalue weighted by Gasteiger charge is 2.39. The highest BCUT2D eigenvalue weighted by Crippen LogP contribution is 2.22. The van der Waals surface area contributed by atoms with Crippen molar-refractivity contribution >= 4 is 23.5 Å². The van der Waals surface area contributed by atoms with Crippen LogP contribution in [0.4, 0.5) is 0 Å². The molecule has 0 radical (unpaired) electrons. The van der Waals surface area contributed by atoms with Crippen LogP contribution in [-0.4, -0.2) is 52.8 Å². The Morgan fingerprint density at radius 3 is 2.85 bits per heavy atom. The molecule has 0 bridgehead atoms. The summed E-state index contributed by atoms with van der Waals surface area (Å²) in [5, 5.41) is 9.63. The lowest BCUT2D eigenvalue weighted by molar-refractivity contribution is -0.142. The minimum absolute atomic E-state index is 0.132. The molecule has 1 aromatic rings. The number of hydrogen-bond acceptors (Lipinski definition) is 3. The topological polar surface area (TPSA) is 71.8 Å². The van der Waals surface area contributed by atoms with Crippen molar-refractivity contribution in [2.45, 2.75) is 19.5 Å². The van der Waals surface area contributed by atoms with E-state index < -0.39 is 17.9 Å². The van der Waals surface area contributed by atoms with Gasteiger partial charge in [-0.1, -0.05) is 11.6 Å². The molecule has 20 heavy (non-hydrogen) atoms. The van der Waals surface area contributed by atoms with Gasteiger partial charge in [0.25, 0.3) is 5.91 Å². The minimum atomic E-state index is -0.948. The maximum atomic E-state index is 12.5. The summed E-state index contributed by atoms with van der Waals surface area (Å²) in [6.45, 7) is 2.89.